The molecular formula is C15H19NO6. The van der Waals surface area contributed by atoms with E-state index in [-0.39, 0.29) is 16.8 Å². The normalized spacial score (nSPS) is 10.6. The lowest BCUT2D eigenvalue weighted by atomic mass is 10.1. The maximum Gasteiger partial charge on any atom is 0.412 e. The van der Waals surface area contributed by atoms with Crippen LogP contribution < -0.4 is 5.32 Å². The van der Waals surface area contributed by atoms with Crippen molar-refractivity contribution in [2.75, 3.05) is 19.5 Å². The Balaban J connectivity index is 3.14. The highest BCUT2D eigenvalue weighted by Crippen LogP contribution is 2.21. The lowest BCUT2D eigenvalue weighted by molar-refractivity contribution is 0.0585. The summed E-state index contributed by atoms with van der Waals surface area (Å²) in [5, 5.41) is 2.43. The molecule has 0 aliphatic carbocycles. The first kappa shape index (κ1) is 17.5. The summed E-state index contributed by atoms with van der Waals surface area (Å²) >= 11 is 0. The SMILES string of the molecule is COC(=O)c1ccc(C(=O)OC)c(NC(=O)OC(C)(C)C)c1. The van der Waals surface area contributed by atoms with Gasteiger partial charge in [-0.15, -0.1) is 0 Å². The fourth-order valence-electron chi connectivity index (χ4n) is 1.59. The second-order valence-corrected chi connectivity index (χ2v) is 5.37. The molecule has 7 nitrogen and oxygen atoms in total. The molecule has 0 radical (unpaired) electrons. The molecule has 22 heavy (non-hydrogen) atoms. The van der Waals surface area contributed by atoms with Gasteiger partial charge in [0.2, 0.25) is 0 Å². The van der Waals surface area contributed by atoms with Gasteiger partial charge in [-0.25, -0.2) is 14.4 Å². The minimum absolute atomic E-state index is 0.0982. The number of nitrogens with one attached hydrogen (secondary N) is 1. The van der Waals surface area contributed by atoms with Crippen LogP contribution in [0.3, 0.4) is 0 Å². The topological polar surface area (TPSA) is 90.9 Å². The van der Waals surface area contributed by atoms with E-state index < -0.39 is 23.6 Å². The summed E-state index contributed by atoms with van der Waals surface area (Å²) in [6, 6.07) is 4.09. The fraction of sp³-hybridized carbons (Fsp3) is 0.400. The van der Waals surface area contributed by atoms with E-state index in [1.165, 1.54) is 32.4 Å². The van der Waals surface area contributed by atoms with Crippen LogP contribution in [-0.4, -0.2) is 37.9 Å². The molecule has 0 fully saturated rings. The molecule has 0 bridgehead atoms. The summed E-state index contributed by atoms with van der Waals surface area (Å²) in [5.74, 6) is -1.24. The van der Waals surface area contributed by atoms with Crippen LogP contribution >= 0.6 is 0 Å². The Morgan fingerprint density at radius 1 is 1.00 bits per heavy atom. The second-order valence-electron chi connectivity index (χ2n) is 5.37. The van der Waals surface area contributed by atoms with Gasteiger partial charge in [0.1, 0.15) is 5.60 Å². The Hall–Kier alpha value is -2.57. The van der Waals surface area contributed by atoms with E-state index in [0.29, 0.717) is 0 Å². The summed E-state index contributed by atoms with van der Waals surface area (Å²) in [6.07, 6.45) is -0.750. The molecule has 7 heteroatoms. The fourth-order valence-corrected chi connectivity index (χ4v) is 1.59. The second kappa shape index (κ2) is 6.93. The quantitative estimate of drug-likeness (QED) is 0.681. The molecular weight excluding hydrogens is 290 g/mol. The molecule has 0 aliphatic heterocycles. The minimum atomic E-state index is -0.750. The number of hydrogen-bond donors (Lipinski definition) is 1. The van der Waals surface area contributed by atoms with Crippen molar-refractivity contribution in [3.05, 3.63) is 29.3 Å². The molecule has 0 spiro atoms. The van der Waals surface area contributed by atoms with Gasteiger partial charge in [-0.3, -0.25) is 5.32 Å². The maximum atomic E-state index is 11.8. The average molecular weight is 309 g/mol. The van der Waals surface area contributed by atoms with Crippen LogP contribution in [0.25, 0.3) is 0 Å². The van der Waals surface area contributed by atoms with Crippen molar-refractivity contribution in [3.63, 3.8) is 0 Å². The van der Waals surface area contributed by atoms with Crippen molar-refractivity contribution in [1.82, 2.24) is 0 Å². The first-order chi connectivity index (χ1) is 10.2. The van der Waals surface area contributed by atoms with Gasteiger partial charge in [0.05, 0.1) is 31.0 Å². The summed E-state index contributed by atoms with van der Waals surface area (Å²) in [6.45, 7) is 5.12. The Morgan fingerprint density at radius 3 is 2.09 bits per heavy atom. The van der Waals surface area contributed by atoms with Crippen molar-refractivity contribution < 1.29 is 28.6 Å². The van der Waals surface area contributed by atoms with E-state index in [1.54, 1.807) is 20.8 Å². The first-order valence-corrected chi connectivity index (χ1v) is 6.48. The maximum absolute atomic E-state index is 11.8. The Kier molecular flexibility index (Phi) is 5.50. The van der Waals surface area contributed by atoms with E-state index >= 15 is 0 Å². The van der Waals surface area contributed by atoms with Crippen LogP contribution in [-0.2, 0) is 14.2 Å². The highest BCUT2D eigenvalue weighted by Gasteiger charge is 2.20. The van der Waals surface area contributed by atoms with Gasteiger partial charge >= 0.3 is 18.0 Å². The van der Waals surface area contributed by atoms with Crippen LogP contribution in [0.5, 0.6) is 0 Å². The summed E-state index contributed by atoms with van der Waals surface area (Å²) in [7, 11) is 2.45. The van der Waals surface area contributed by atoms with Crippen LogP contribution in [0.1, 0.15) is 41.5 Å². The zero-order valence-electron chi connectivity index (χ0n) is 13.2. The smallest absolute Gasteiger partial charge is 0.412 e. The third kappa shape index (κ3) is 4.76. The molecule has 120 valence electrons. The molecule has 0 aliphatic rings. The number of ether oxygens (including phenoxy) is 3. The highest BCUT2D eigenvalue weighted by molar-refractivity contribution is 6.02. The van der Waals surface area contributed by atoms with Crippen molar-refractivity contribution in [2.45, 2.75) is 26.4 Å². The molecule has 0 heterocycles. The van der Waals surface area contributed by atoms with Gasteiger partial charge in [-0.1, -0.05) is 0 Å². The highest BCUT2D eigenvalue weighted by atomic mass is 16.6. The third-order valence-electron chi connectivity index (χ3n) is 2.48. The predicted molar refractivity (Wildman–Crippen MR) is 79.0 cm³/mol. The van der Waals surface area contributed by atoms with Crippen LogP contribution in [0, 0.1) is 0 Å². The van der Waals surface area contributed by atoms with E-state index in [0.717, 1.165) is 0 Å². The molecule has 1 aromatic carbocycles. The van der Waals surface area contributed by atoms with Crippen molar-refractivity contribution in [2.24, 2.45) is 0 Å². The van der Waals surface area contributed by atoms with E-state index in [2.05, 4.69) is 14.8 Å². The minimum Gasteiger partial charge on any atom is -0.465 e. The van der Waals surface area contributed by atoms with E-state index in [4.69, 9.17) is 4.74 Å². The number of methoxy groups -OCH3 is 2. The number of benzene rings is 1. The van der Waals surface area contributed by atoms with Crippen molar-refractivity contribution in [1.29, 1.82) is 0 Å². The van der Waals surface area contributed by atoms with Gasteiger partial charge in [0, 0.05) is 0 Å². The number of carbonyl (C=O) groups excluding carboxylic acids is 3. The number of anilines is 1. The largest absolute Gasteiger partial charge is 0.465 e. The molecule has 1 amide bonds. The van der Waals surface area contributed by atoms with Gasteiger partial charge in [-0.05, 0) is 39.0 Å². The molecule has 0 saturated carbocycles. The lowest BCUT2D eigenvalue weighted by Gasteiger charge is -2.20. The van der Waals surface area contributed by atoms with E-state index in [1.807, 2.05) is 0 Å². The monoisotopic (exact) mass is 309 g/mol. The zero-order valence-corrected chi connectivity index (χ0v) is 13.2. The first-order valence-electron chi connectivity index (χ1n) is 6.48. The number of amides is 1. The third-order valence-corrected chi connectivity index (χ3v) is 2.48. The molecule has 1 aromatic rings. The Morgan fingerprint density at radius 2 is 1.59 bits per heavy atom. The molecule has 0 aromatic heterocycles. The number of rotatable bonds is 3. The van der Waals surface area contributed by atoms with Gasteiger partial charge in [0.15, 0.2) is 0 Å². The predicted octanol–water partition coefficient (Wildman–Crippen LogP) is 2.61. The summed E-state index contributed by atoms with van der Waals surface area (Å²) in [5.41, 5.74) is -0.318. The lowest BCUT2D eigenvalue weighted by Crippen LogP contribution is -2.28. The van der Waals surface area contributed by atoms with Gasteiger partial charge in [-0.2, -0.15) is 0 Å². The Bertz CT molecular complexity index is 588. The number of esters is 2. The van der Waals surface area contributed by atoms with Crippen molar-refractivity contribution in [3.8, 4) is 0 Å². The average Bonchev–Trinajstić information content (AvgIpc) is 2.43. The Labute approximate surface area is 128 Å². The molecule has 1 rings (SSSR count). The van der Waals surface area contributed by atoms with Gasteiger partial charge < -0.3 is 14.2 Å². The van der Waals surface area contributed by atoms with Crippen LogP contribution in [0.2, 0.25) is 0 Å². The summed E-state index contributed by atoms with van der Waals surface area (Å²) < 4.78 is 14.4. The molecule has 0 saturated heterocycles. The summed E-state index contributed by atoms with van der Waals surface area (Å²) in [4.78, 5) is 35.1. The number of hydrogen-bond acceptors (Lipinski definition) is 6. The van der Waals surface area contributed by atoms with Crippen LogP contribution in [0.15, 0.2) is 18.2 Å². The van der Waals surface area contributed by atoms with Gasteiger partial charge in [0.25, 0.3) is 0 Å². The van der Waals surface area contributed by atoms with E-state index in [9.17, 15) is 14.4 Å². The standard InChI is InChI=1S/C15H19NO6/c1-15(2,3)22-14(19)16-11-8-9(12(17)20-4)6-7-10(11)13(18)21-5/h6-8H,1-5H3,(H,16,19). The molecule has 0 atom stereocenters. The van der Waals surface area contributed by atoms with Crippen LogP contribution in [0.4, 0.5) is 10.5 Å². The molecule has 0 unspecified atom stereocenters. The zero-order chi connectivity index (χ0) is 16.9. The van der Waals surface area contributed by atoms with Crippen molar-refractivity contribution >= 4 is 23.7 Å². The molecule has 1 N–H and O–H groups in total. The number of carbonyl (C=O) groups is 3.